The molecule has 1 aromatic carbocycles. The number of nitrogens with zero attached hydrogens (tertiary/aromatic N) is 1. The summed E-state index contributed by atoms with van der Waals surface area (Å²) in [6.45, 7) is 1.75. The van der Waals surface area contributed by atoms with Crippen LogP contribution in [0, 0.1) is 17.0 Å². The summed E-state index contributed by atoms with van der Waals surface area (Å²) in [6, 6.07) is 4.08. The summed E-state index contributed by atoms with van der Waals surface area (Å²) in [4.78, 5) is 23.9. The molecule has 0 amide bonds. The number of aromatic amines is 1. The lowest BCUT2D eigenvalue weighted by molar-refractivity contribution is -0.383. The molecule has 2 rings (SSSR count). The highest BCUT2D eigenvalue weighted by atomic mass is 16.6. The van der Waals surface area contributed by atoms with Crippen molar-refractivity contribution in [2.45, 2.75) is 6.92 Å². The van der Waals surface area contributed by atoms with E-state index in [2.05, 4.69) is 4.98 Å². The van der Waals surface area contributed by atoms with Crippen molar-refractivity contribution in [1.29, 1.82) is 0 Å². The summed E-state index contributed by atoms with van der Waals surface area (Å²) in [5, 5.41) is 20.0. The zero-order valence-corrected chi connectivity index (χ0v) is 8.35. The van der Waals surface area contributed by atoms with Crippen molar-refractivity contribution in [2.75, 3.05) is 0 Å². The molecule has 1 aromatic heterocycles. The quantitative estimate of drug-likeness (QED) is 0.598. The van der Waals surface area contributed by atoms with Gasteiger partial charge in [-0.3, -0.25) is 10.1 Å². The van der Waals surface area contributed by atoms with Crippen LogP contribution < -0.4 is 0 Å². The Kier molecular flexibility index (Phi) is 2.12. The molecule has 0 bridgehead atoms. The minimum atomic E-state index is -1.18. The number of aromatic carboxylic acids is 1. The molecule has 0 spiro atoms. The molecular weight excluding hydrogens is 212 g/mol. The summed E-state index contributed by atoms with van der Waals surface area (Å²) in [6.07, 6.45) is 0. The van der Waals surface area contributed by atoms with Gasteiger partial charge in [0.15, 0.2) is 0 Å². The van der Waals surface area contributed by atoms with Crippen molar-refractivity contribution in [3.05, 3.63) is 39.6 Å². The van der Waals surface area contributed by atoms with E-state index >= 15 is 0 Å². The number of aromatic nitrogens is 1. The van der Waals surface area contributed by atoms with Gasteiger partial charge in [0, 0.05) is 11.8 Å². The first-order valence-electron chi connectivity index (χ1n) is 4.50. The molecule has 16 heavy (non-hydrogen) atoms. The summed E-state index contributed by atoms with van der Waals surface area (Å²) < 4.78 is 0. The second-order valence-corrected chi connectivity index (χ2v) is 3.47. The van der Waals surface area contributed by atoms with Crippen molar-refractivity contribution in [3.8, 4) is 0 Å². The van der Waals surface area contributed by atoms with Crippen LogP contribution in [0.15, 0.2) is 18.2 Å². The molecular formula is C10H8N2O4. The lowest BCUT2D eigenvalue weighted by atomic mass is 10.1. The van der Waals surface area contributed by atoms with E-state index in [1.54, 1.807) is 13.0 Å². The number of nitro groups is 1. The highest BCUT2D eigenvalue weighted by molar-refractivity contribution is 5.98. The van der Waals surface area contributed by atoms with E-state index in [1.807, 2.05) is 0 Å². The first-order valence-corrected chi connectivity index (χ1v) is 4.50. The third kappa shape index (κ3) is 1.50. The number of fused-ring (bicyclic) bond motifs is 1. The van der Waals surface area contributed by atoms with Crippen LogP contribution >= 0.6 is 0 Å². The third-order valence-corrected chi connectivity index (χ3v) is 2.29. The number of aryl methyl sites for hydroxylation is 1. The minimum Gasteiger partial charge on any atom is -0.478 e. The van der Waals surface area contributed by atoms with Crippen molar-refractivity contribution in [1.82, 2.24) is 4.98 Å². The molecule has 0 unspecified atom stereocenters. The van der Waals surface area contributed by atoms with Crippen LogP contribution in [0.25, 0.3) is 10.9 Å². The van der Waals surface area contributed by atoms with Crippen LogP contribution in [0.5, 0.6) is 0 Å². The van der Waals surface area contributed by atoms with E-state index in [-0.39, 0.29) is 11.3 Å². The van der Waals surface area contributed by atoms with Gasteiger partial charge < -0.3 is 10.1 Å². The second kappa shape index (κ2) is 3.34. The number of rotatable bonds is 2. The predicted molar refractivity (Wildman–Crippen MR) is 56.6 cm³/mol. The van der Waals surface area contributed by atoms with E-state index in [4.69, 9.17) is 5.11 Å². The van der Waals surface area contributed by atoms with Crippen LogP contribution in [0.1, 0.15) is 16.1 Å². The monoisotopic (exact) mass is 220 g/mol. The van der Waals surface area contributed by atoms with Crippen molar-refractivity contribution < 1.29 is 14.8 Å². The van der Waals surface area contributed by atoms with Gasteiger partial charge in [-0.15, -0.1) is 0 Å². The number of nitrogens with one attached hydrogen (secondary N) is 1. The van der Waals surface area contributed by atoms with Crippen LogP contribution in [0.3, 0.4) is 0 Å². The maximum Gasteiger partial charge on any atom is 0.336 e. The van der Waals surface area contributed by atoms with Crippen LogP contribution in [0.2, 0.25) is 0 Å². The first-order chi connectivity index (χ1) is 7.49. The fourth-order valence-electron chi connectivity index (χ4n) is 1.63. The first kappa shape index (κ1) is 10.2. The fraction of sp³-hybridized carbons (Fsp3) is 0.100. The molecule has 1 heterocycles. The molecule has 0 fully saturated rings. The molecule has 82 valence electrons. The van der Waals surface area contributed by atoms with Crippen molar-refractivity contribution in [3.63, 3.8) is 0 Å². The number of hydrogen-bond donors (Lipinski definition) is 2. The summed E-state index contributed by atoms with van der Waals surface area (Å²) in [5.41, 5.74) is 0.921. The summed E-state index contributed by atoms with van der Waals surface area (Å²) in [7, 11) is 0. The number of carboxylic acid groups (broad SMARTS) is 1. The molecule has 0 aliphatic heterocycles. The number of carbonyl (C=O) groups is 1. The van der Waals surface area contributed by atoms with E-state index in [0.717, 1.165) is 11.8 Å². The van der Waals surface area contributed by atoms with Gasteiger partial charge in [-0.2, -0.15) is 0 Å². The largest absolute Gasteiger partial charge is 0.478 e. The van der Waals surface area contributed by atoms with Gasteiger partial charge in [-0.1, -0.05) is 0 Å². The van der Waals surface area contributed by atoms with Gasteiger partial charge in [-0.25, -0.2) is 4.79 Å². The maximum atomic E-state index is 10.8. The van der Waals surface area contributed by atoms with Gasteiger partial charge >= 0.3 is 5.97 Å². The molecule has 2 N–H and O–H groups in total. The Morgan fingerprint density at radius 3 is 2.69 bits per heavy atom. The van der Waals surface area contributed by atoms with E-state index in [9.17, 15) is 14.9 Å². The van der Waals surface area contributed by atoms with E-state index < -0.39 is 10.9 Å². The standard InChI is InChI=1S/C10H8N2O4/c1-5-2-7-8(11-5)3-6(10(13)14)4-9(7)12(15)16/h2-4,11H,1H3,(H,13,14). The normalized spacial score (nSPS) is 10.6. The van der Waals surface area contributed by atoms with Gasteiger partial charge in [0.05, 0.1) is 21.4 Å². The number of carboxylic acids is 1. The molecule has 0 saturated heterocycles. The molecule has 0 aliphatic carbocycles. The lowest BCUT2D eigenvalue weighted by Crippen LogP contribution is -1.98. The van der Waals surface area contributed by atoms with E-state index in [0.29, 0.717) is 10.9 Å². The average molecular weight is 220 g/mol. The van der Waals surface area contributed by atoms with Crippen molar-refractivity contribution in [2.24, 2.45) is 0 Å². The molecule has 0 saturated carbocycles. The number of non-ortho nitro benzene ring substituents is 1. The smallest absolute Gasteiger partial charge is 0.336 e. The molecule has 6 heteroatoms. The Balaban J connectivity index is 2.83. The second-order valence-electron chi connectivity index (χ2n) is 3.47. The number of benzene rings is 1. The topological polar surface area (TPSA) is 96.2 Å². The third-order valence-electron chi connectivity index (χ3n) is 2.29. The zero-order valence-electron chi connectivity index (χ0n) is 8.35. The van der Waals surface area contributed by atoms with Gasteiger partial charge in [0.2, 0.25) is 0 Å². The summed E-state index contributed by atoms with van der Waals surface area (Å²) >= 11 is 0. The molecule has 6 nitrogen and oxygen atoms in total. The Morgan fingerprint density at radius 2 is 2.12 bits per heavy atom. The van der Waals surface area contributed by atoms with Crippen LogP contribution in [-0.2, 0) is 0 Å². The minimum absolute atomic E-state index is 0.0962. The van der Waals surface area contributed by atoms with Crippen LogP contribution in [0.4, 0.5) is 5.69 Å². The summed E-state index contributed by atoms with van der Waals surface area (Å²) in [5.74, 6) is -1.18. The fourth-order valence-corrected chi connectivity index (χ4v) is 1.63. The average Bonchev–Trinajstić information content (AvgIpc) is 2.55. The Morgan fingerprint density at radius 1 is 1.44 bits per heavy atom. The molecule has 0 aliphatic rings. The highest BCUT2D eigenvalue weighted by Crippen LogP contribution is 2.27. The maximum absolute atomic E-state index is 10.8. The van der Waals surface area contributed by atoms with Gasteiger partial charge in [0.25, 0.3) is 5.69 Å². The molecule has 0 radical (unpaired) electrons. The van der Waals surface area contributed by atoms with Gasteiger partial charge in [-0.05, 0) is 19.1 Å². The predicted octanol–water partition coefficient (Wildman–Crippen LogP) is 2.08. The Labute approximate surface area is 89.7 Å². The lowest BCUT2D eigenvalue weighted by Gasteiger charge is -1.97. The highest BCUT2D eigenvalue weighted by Gasteiger charge is 2.17. The Hall–Kier alpha value is -2.37. The molecule has 0 atom stereocenters. The molecule has 2 aromatic rings. The van der Waals surface area contributed by atoms with Crippen molar-refractivity contribution >= 4 is 22.6 Å². The SMILES string of the molecule is Cc1cc2c([N+](=O)[O-])cc(C(=O)O)cc2[nH]1. The number of H-pyrrole nitrogens is 1. The Bertz CT molecular complexity index is 600. The number of nitro benzene ring substituents is 1. The van der Waals surface area contributed by atoms with Gasteiger partial charge in [0.1, 0.15) is 0 Å². The van der Waals surface area contributed by atoms with E-state index in [1.165, 1.54) is 6.07 Å². The number of hydrogen-bond acceptors (Lipinski definition) is 3. The zero-order chi connectivity index (χ0) is 11.9. The van der Waals surface area contributed by atoms with Crippen LogP contribution in [-0.4, -0.2) is 21.0 Å².